The minimum absolute atomic E-state index is 0.104. The number of carbonyl (C=O) groups is 1. The van der Waals surface area contributed by atoms with E-state index in [0.717, 1.165) is 25.2 Å². The van der Waals surface area contributed by atoms with Crippen molar-refractivity contribution < 1.29 is 15.0 Å². The molecule has 0 saturated heterocycles. The molecule has 10 heteroatoms. The van der Waals surface area contributed by atoms with Crippen LogP contribution < -0.4 is 10.6 Å². The SMILES string of the molecule is C[C@]1(O)[C@@H](C(=O)NC2CC2)C[C@@H](n2cnc3c(NC4CC5CCC4C5)nc(Cl)nc32)[C@@H]1O. The molecule has 4 aliphatic rings. The zero-order valence-corrected chi connectivity index (χ0v) is 18.8. The molecule has 2 aromatic heterocycles. The number of imidazole rings is 1. The molecule has 2 heterocycles. The van der Waals surface area contributed by atoms with Crippen LogP contribution in [0.1, 0.15) is 57.9 Å². The first-order valence-corrected chi connectivity index (χ1v) is 12.1. The van der Waals surface area contributed by atoms with Crippen molar-refractivity contribution in [3.8, 4) is 0 Å². The third-order valence-electron chi connectivity index (χ3n) is 8.20. The van der Waals surface area contributed by atoms with Gasteiger partial charge < -0.3 is 25.4 Å². The highest BCUT2D eigenvalue weighted by atomic mass is 35.5. The summed E-state index contributed by atoms with van der Waals surface area (Å²) in [4.78, 5) is 26.1. The summed E-state index contributed by atoms with van der Waals surface area (Å²) in [6.45, 7) is 1.53. The van der Waals surface area contributed by atoms with Gasteiger partial charge in [0.25, 0.3) is 0 Å². The summed E-state index contributed by atoms with van der Waals surface area (Å²) < 4.78 is 1.73. The number of hydrogen-bond acceptors (Lipinski definition) is 7. The van der Waals surface area contributed by atoms with Gasteiger partial charge in [0.05, 0.1) is 18.3 Å². The van der Waals surface area contributed by atoms with Gasteiger partial charge in [-0.2, -0.15) is 9.97 Å². The lowest BCUT2D eigenvalue weighted by molar-refractivity contribution is -0.137. The lowest BCUT2D eigenvalue weighted by Gasteiger charge is -2.28. The lowest BCUT2D eigenvalue weighted by Crippen LogP contribution is -2.48. The van der Waals surface area contributed by atoms with Crippen LogP contribution in [0.2, 0.25) is 5.28 Å². The number of nitrogens with one attached hydrogen (secondary N) is 2. The molecule has 0 spiro atoms. The Hall–Kier alpha value is -1.97. The van der Waals surface area contributed by atoms with Crippen LogP contribution in [0, 0.1) is 17.8 Å². The first-order valence-electron chi connectivity index (χ1n) is 11.7. The van der Waals surface area contributed by atoms with Crippen LogP contribution in [-0.2, 0) is 4.79 Å². The Morgan fingerprint density at radius 1 is 1.22 bits per heavy atom. The first kappa shape index (κ1) is 20.6. The van der Waals surface area contributed by atoms with E-state index in [1.165, 1.54) is 26.2 Å². The van der Waals surface area contributed by atoms with Gasteiger partial charge in [0.15, 0.2) is 17.0 Å². The fraction of sp³-hybridized carbons (Fsp3) is 0.727. The average Bonchev–Trinajstić information content (AvgIpc) is 3.07. The highest BCUT2D eigenvalue weighted by Crippen LogP contribution is 2.47. The highest BCUT2D eigenvalue weighted by Gasteiger charge is 2.55. The van der Waals surface area contributed by atoms with E-state index in [-0.39, 0.29) is 23.7 Å². The molecule has 2 aromatic rings. The summed E-state index contributed by atoms with van der Waals surface area (Å²) in [5.41, 5.74) is -0.463. The maximum Gasteiger partial charge on any atom is 0.226 e. The summed E-state index contributed by atoms with van der Waals surface area (Å²) >= 11 is 6.28. The number of nitrogens with zero attached hydrogens (tertiary/aromatic N) is 4. The van der Waals surface area contributed by atoms with E-state index in [1.54, 1.807) is 10.9 Å². The Morgan fingerprint density at radius 3 is 2.72 bits per heavy atom. The fourth-order valence-electron chi connectivity index (χ4n) is 6.20. The van der Waals surface area contributed by atoms with Gasteiger partial charge >= 0.3 is 0 Å². The molecule has 4 N–H and O–H groups in total. The third kappa shape index (κ3) is 3.28. The third-order valence-corrected chi connectivity index (χ3v) is 8.37. The molecule has 1 amide bonds. The van der Waals surface area contributed by atoms with Crippen molar-refractivity contribution >= 4 is 34.5 Å². The number of amides is 1. The van der Waals surface area contributed by atoms with Gasteiger partial charge in [0, 0.05) is 12.1 Å². The topological polar surface area (TPSA) is 125 Å². The highest BCUT2D eigenvalue weighted by molar-refractivity contribution is 6.28. The Kier molecular flexibility index (Phi) is 4.68. The van der Waals surface area contributed by atoms with Crippen LogP contribution in [0.25, 0.3) is 11.2 Å². The number of rotatable bonds is 5. The summed E-state index contributed by atoms with van der Waals surface area (Å²) in [7, 11) is 0. The number of fused-ring (bicyclic) bond motifs is 3. The van der Waals surface area contributed by atoms with Crippen molar-refractivity contribution in [2.75, 3.05) is 5.32 Å². The maximum atomic E-state index is 12.7. The minimum atomic E-state index is -1.55. The molecule has 7 atom stereocenters. The van der Waals surface area contributed by atoms with E-state index in [2.05, 4.69) is 25.6 Å². The van der Waals surface area contributed by atoms with Crippen molar-refractivity contribution in [2.45, 2.75) is 81.7 Å². The summed E-state index contributed by atoms with van der Waals surface area (Å²) in [6.07, 6.45) is 7.63. The Balaban J connectivity index is 1.31. The van der Waals surface area contributed by atoms with Crippen LogP contribution in [0.3, 0.4) is 0 Å². The minimum Gasteiger partial charge on any atom is -0.388 e. The van der Waals surface area contributed by atoms with Crippen LogP contribution >= 0.6 is 11.6 Å². The molecule has 0 aromatic carbocycles. The average molecular weight is 461 g/mol. The van der Waals surface area contributed by atoms with Crippen molar-refractivity contribution in [1.82, 2.24) is 24.8 Å². The second-order valence-electron chi connectivity index (χ2n) is 10.4. The molecule has 6 rings (SSSR count). The molecular formula is C22H29ClN6O3. The Morgan fingerprint density at radius 2 is 2.03 bits per heavy atom. The van der Waals surface area contributed by atoms with E-state index in [9.17, 15) is 15.0 Å². The molecule has 32 heavy (non-hydrogen) atoms. The number of halogens is 1. The molecule has 4 aliphatic carbocycles. The molecule has 0 radical (unpaired) electrons. The number of carbonyl (C=O) groups excluding carboxylic acids is 1. The molecule has 4 fully saturated rings. The number of aliphatic hydroxyl groups excluding tert-OH is 1. The monoisotopic (exact) mass is 460 g/mol. The van der Waals surface area contributed by atoms with E-state index in [0.29, 0.717) is 28.9 Å². The normalized spacial score (nSPS) is 38.5. The van der Waals surface area contributed by atoms with Crippen LogP contribution in [0.5, 0.6) is 0 Å². The molecule has 3 unspecified atom stereocenters. The molecule has 2 bridgehead atoms. The van der Waals surface area contributed by atoms with Crippen molar-refractivity contribution in [3.63, 3.8) is 0 Å². The van der Waals surface area contributed by atoms with E-state index in [4.69, 9.17) is 11.6 Å². The Bertz CT molecular complexity index is 1070. The van der Waals surface area contributed by atoms with Crippen molar-refractivity contribution in [3.05, 3.63) is 11.6 Å². The molecule has 9 nitrogen and oxygen atoms in total. The summed E-state index contributed by atoms with van der Waals surface area (Å²) in [5.74, 6) is 1.12. The largest absolute Gasteiger partial charge is 0.388 e. The second-order valence-corrected chi connectivity index (χ2v) is 10.7. The molecule has 4 saturated carbocycles. The number of hydrogen-bond donors (Lipinski definition) is 4. The van der Waals surface area contributed by atoms with Gasteiger partial charge in [-0.3, -0.25) is 4.79 Å². The smallest absolute Gasteiger partial charge is 0.226 e. The number of anilines is 1. The molecular weight excluding hydrogens is 432 g/mol. The summed E-state index contributed by atoms with van der Waals surface area (Å²) in [6, 6.07) is 0.00207. The van der Waals surface area contributed by atoms with Gasteiger partial charge in [-0.05, 0) is 68.9 Å². The van der Waals surface area contributed by atoms with Gasteiger partial charge in [-0.15, -0.1) is 0 Å². The van der Waals surface area contributed by atoms with E-state index < -0.39 is 23.7 Å². The van der Waals surface area contributed by atoms with Gasteiger partial charge in [-0.25, -0.2) is 4.98 Å². The Labute approximate surface area is 191 Å². The van der Waals surface area contributed by atoms with Crippen LogP contribution in [0.15, 0.2) is 6.33 Å². The predicted octanol–water partition coefficient (Wildman–Crippen LogP) is 2.03. The zero-order chi connectivity index (χ0) is 22.2. The predicted molar refractivity (Wildman–Crippen MR) is 118 cm³/mol. The van der Waals surface area contributed by atoms with Crippen LogP contribution in [-0.4, -0.2) is 59.4 Å². The zero-order valence-electron chi connectivity index (χ0n) is 18.0. The van der Waals surface area contributed by atoms with Gasteiger partial charge in [0.2, 0.25) is 11.2 Å². The second kappa shape index (κ2) is 7.27. The van der Waals surface area contributed by atoms with Crippen molar-refractivity contribution in [2.24, 2.45) is 17.8 Å². The molecule has 0 aliphatic heterocycles. The van der Waals surface area contributed by atoms with Gasteiger partial charge in [-0.1, -0.05) is 6.42 Å². The first-order chi connectivity index (χ1) is 15.3. The fourth-order valence-corrected chi connectivity index (χ4v) is 6.37. The van der Waals surface area contributed by atoms with Gasteiger partial charge in [0.1, 0.15) is 11.7 Å². The van der Waals surface area contributed by atoms with E-state index in [1.807, 2.05) is 0 Å². The van der Waals surface area contributed by atoms with Crippen molar-refractivity contribution in [1.29, 1.82) is 0 Å². The molecule has 172 valence electrons. The standard InChI is InChI=1S/C22H29ClN6O3/c1-22(32)13(20(31)25-12-4-5-12)8-15(17(22)30)29-9-24-16-18(27-21(23)28-19(16)29)26-14-7-10-2-3-11(14)6-10/h9-15,17,30,32H,2-8H2,1H3,(H,25,31)(H,26,27,28)/t10?,11?,13-,14?,15-,17+,22+/m1/s1. The number of aliphatic hydroxyl groups is 2. The maximum absolute atomic E-state index is 12.7. The van der Waals surface area contributed by atoms with Crippen LogP contribution in [0.4, 0.5) is 5.82 Å². The quantitative estimate of drug-likeness (QED) is 0.503. The lowest BCUT2D eigenvalue weighted by atomic mass is 9.90. The summed E-state index contributed by atoms with van der Waals surface area (Å²) in [5, 5.41) is 28.6. The number of aromatic nitrogens is 4. The van der Waals surface area contributed by atoms with E-state index >= 15 is 0 Å².